The molecular formula is C16H25NO2S2. The van der Waals surface area contributed by atoms with Crippen molar-refractivity contribution in [2.45, 2.75) is 47.8 Å². The van der Waals surface area contributed by atoms with Gasteiger partial charge in [0, 0.05) is 22.4 Å². The molecular weight excluding hydrogens is 302 g/mol. The molecule has 1 saturated carbocycles. The van der Waals surface area contributed by atoms with Crippen molar-refractivity contribution in [3.05, 3.63) is 24.3 Å². The second kappa shape index (κ2) is 6.71. The lowest BCUT2D eigenvalue weighted by Crippen LogP contribution is -2.44. The van der Waals surface area contributed by atoms with Gasteiger partial charge in [0.05, 0.1) is 4.90 Å². The van der Waals surface area contributed by atoms with Crippen LogP contribution in [0.25, 0.3) is 0 Å². The first-order valence-corrected chi connectivity index (χ1v) is 10.2. The fraction of sp³-hybridized carbons (Fsp3) is 0.625. The van der Waals surface area contributed by atoms with Crippen LogP contribution >= 0.6 is 11.8 Å². The Labute approximate surface area is 132 Å². The summed E-state index contributed by atoms with van der Waals surface area (Å²) in [5.74, 6) is 1.42. The van der Waals surface area contributed by atoms with Crippen molar-refractivity contribution in [3.8, 4) is 0 Å². The number of thioether (sulfide) groups is 1. The molecule has 0 radical (unpaired) electrons. The maximum absolute atomic E-state index is 11.5. The van der Waals surface area contributed by atoms with E-state index >= 15 is 0 Å². The standard InChI is InChI=1S/C16H25NO2S2/c1-11-9-12(2)16(15(10-11)17-3)20-13-5-7-14(8-6-13)21(4,18)19/h5-8,11-12,15-17H,9-10H2,1-4H3. The smallest absolute Gasteiger partial charge is 0.175 e. The van der Waals surface area contributed by atoms with E-state index in [9.17, 15) is 8.42 Å². The molecule has 3 nitrogen and oxygen atoms in total. The molecule has 21 heavy (non-hydrogen) atoms. The maximum Gasteiger partial charge on any atom is 0.175 e. The van der Waals surface area contributed by atoms with Crippen LogP contribution in [-0.4, -0.2) is 33.0 Å². The molecule has 1 N–H and O–H groups in total. The Kier molecular flexibility index (Phi) is 5.38. The quantitative estimate of drug-likeness (QED) is 0.922. The Morgan fingerprint density at radius 1 is 1.14 bits per heavy atom. The summed E-state index contributed by atoms with van der Waals surface area (Å²) >= 11 is 1.87. The highest BCUT2D eigenvalue weighted by Gasteiger charge is 2.33. The van der Waals surface area contributed by atoms with E-state index in [2.05, 4.69) is 19.2 Å². The minimum absolute atomic E-state index is 0.391. The van der Waals surface area contributed by atoms with Crippen molar-refractivity contribution >= 4 is 21.6 Å². The molecule has 0 amide bonds. The summed E-state index contributed by atoms with van der Waals surface area (Å²) in [5.41, 5.74) is 0. The average molecular weight is 328 g/mol. The van der Waals surface area contributed by atoms with Crippen molar-refractivity contribution in [1.29, 1.82) is 0 Å². The lowest BCUT2D eigenvalue weighted by molar-refractivity contribution is 0.257. The fourth-order valence-electron chi connectivity index (χ4n) is 3.23. The third-order valence-corrected chi connectivity index (χ3v) is 7.02. The maximum atomic E-state index is 11.5. The van der Waals surface area contributed by atoms with Gasteiger partial charge in [-0.15, -0.1) is 11.8 Å². The number of rotatable bonds is 4. The molecule has 4 atom stereocenters. The molecule has 118 valence electrons. The SMILES string of the molecule is CNC1CC(C)CC(C)C1Sc1ccc(S(C)(=O)=O)cc1. The van der Waals surface area contributed by atoms with E-state index in [1.54, 1.807) is 12.1 Å². The normalized spacial score (nSPS) is 30.3. The highest BCUT2D eigenvalue weighted by molar-refractivity contribution is 8.00. The second-order valence-electron chi connectivity index (χ2n) is 6.28. The molecule has 0 aromatic heterocycles. The Hall–Kier alpha value is -0.520. The molecule has 1 aliphatic rings. The summed E-state index contributed by atoms with van der Waals surface area (Å²) in [6.45, 7) is 4.64. The van der Waals surface area contributed by atoms with Crippen LogP contribution in [0.4, 0.5) is 0 Å². The van der Waals surface area contributed by atoms with E-state index in [4.69, 9.17) is 0 Å². The van der Waals surface area contributed by atoms with Crippen LogP contribution < -0.4 is 5.32 Å². The predicted molar refractivity (Wildman–Crippen MR) is 89.6 cm³/mol. The zero-order chi connectivity index (χ0) is 15.6. The van der Waals surface area contributed by atoms with Gasteiger partial charge in [0.1, 0.15) is 0 Å². The van der Waals surface area contributed by atoms with Gasteiger partial charge < -0.3 is 5.32 Å². The van der Waals surface area contributed by atoms with Crippen LogP contribution in [0.2, 0.25) is 0 Å². The van der Waals surface area contributed by atoms with Gasteiger partial charge in [-0.2, -0.15) is 0 Å². The second-order valence-corrected chi connectivity index (χ2v) is 9.54. The summed E-state index contributed by atoms with van der Waals surface area (Å²) in [7, 11) is -1.07. The zero-order valence-electron chi connectivity index (χ0n) is 13.2. The Morgan fingerprint density at radius 3 is 2.29 bits per heavy atom. The van der Waals surface area contributed by atoms with Crippen molar-refractivity contribution in [1.82, 2.24) is 5.32 Å². The summed E-state index contributed by atoms with van der Waals surface area (Å²) < 4.78 is 23.0. The van der Waals surface area contributed by atoms with Crippen LogP contribution in [0.15, 0.2) is 34.1 Å². The molecule has 1 fully saturated rings. The van der Waals surface area contributed by atoms with Gasteiger partial charge in [0.15, 0.2) is 9.84 Å². The molecule has 1 aromatic rings. The van der Waals surface area contributed by atoms with Crippen LogP contribution in [-0.2, 0) is 9.84 Å². The highest BCUT2D eigenvalue weighted by atomic mass is 32.2. The summed E-state index contributed by atoms with van der Waals surface area (Å²) in [5, 5.41) is 3.99. The van der Waals surface area contributed by atoms with E-state index in [-0.39, 0.29) is 0 Å². The van der Waals surface area contributed by atoms with Gasteiger partial charge in [-0.25, -0.2) is 8.42 Å². The largest absolute Gasteiger partial charge is 0.316 e. The van der Waals surface area contributed by atoms with Gasteiger partial charge >= 0.3 is 0 Å². The summed E-state index contributed by atoms with van der Waals surface area (Å²) in [6, 6.07) is 7.80. The van der Waals surface area contributed by atoms with Crippen LogP contribution in [0, 0.1) is 11.8 Å². The molecule has 0 saturated heterocycles. The van der Waals surface area contributed by atoms with E-state index in [1.165, 1.54) is 19.1 Å². The van der Waals surface area contributed by atoms with Crippen LogP contribution in [0.5, 0.6) is 0 Å². The van der Waals surface area contributed by atoms with Crippen LogP contribution in [0.3, 0.4) is 0 Å². The lowest BCUT2D eigenvalue weighted by Gasteiger charge is -2.39. The highest BCUT2D eigenvalue weighted by Crippen LogP contribution is 2.39. The Morgan fingerprint density at radius 2 is 1.76 bits per heavy atom. The molecule has 0 heterocycles. The minimum atomic E-state index is -3.11. The van der Waals surface area contributed by atoms with Gasteiger partial charge in [-0.3, -0.25) is 0 Å². The Bertz CT molecular complexity index is 568. The lowest BCUT2D eigenvalue weighted by atomic mass is 9.80. The monoisotopic (exact) mass is 327 g/mol. The van der Waals surface area contributed by atoms with Gasteiger partial charge in [-0.05, 0) is 56.0 Å². The van der Waals surface area contributed by atoms with Gasteiger partial charge in [-0.1, -0.05) is 13.8 Å². The molecule has 0 spiro atoms. The summed E-state index contributed by atoms with van der Waals surface area (Å²) in [4.78, 5) is 1.54. The van der Waals surface area contributed by atoms with E-state index in [0.29, 0.717) is 22.1 Å². The first-order valence-electron chi connectivity index (χ1n) is 7.45. The van der Waals surface area contributed by atoms with Crippen LogP contribution in [0.1, 0.15) is 26.7 Å². The number of benzene rings is 1. The molecule has 1 aromatic carbocycles. The van der Waals surface area contributed by atoms with Crippen molar-refractivity contribution in [3.63, 3.8) is 0 Å². The number of nitrogens with one attached hydrogen (secondary N) is 1. The molecule has 4 unspecified atom stereocenters. The Balaban J connectivity index is 2.13. The van der Waals surface area contributed by atoms with Crippen molar-refractivity contribution in [2.75, 3.05) is 13.3 Å². The molecule has 0 aliphatic heterocycles. The number of sulfone groups is 1. The van der Waals surface area contributed by atoms with Crippen molar-refractivity contribution < 1.29 is 8.42 Å². The van der Waals surface area contributed by atoms with Gasteiger partial charge in [0.2, 0.25) is 0 Å². The first-order chi connectivity index (χ1) is 9.81. The predicted octanol–water partition coefficient (Wildman–Crippen LogP) is 3.20. The van der Waals surface area contributed by atoms with Crippen molar-refractivity contribution in [2.24, 2.45) is 11.8 Å². The number of hydrogen-bond acceptors (Lipinski definition) is 4. The molecule has 0 bridgehead atoms. The minimum Gasteiger partial charge on any atom is -0.316 e. The third kappa shape index (κ3) is 4.24. The van der Waals surface area contributed by atoms with E-state index < -0.39 is 9.84 Å². The topological polar surface area (TPSA) is 46.2 Å². The number of hydrogen-bond donors (Lipinski definition) is 1. The third-order valence-electron chi connectivity index (χ3n) is 4.28. The molecule has 2 rings (SSSR count). The molecule has 5 heteroatoms. The fourth-order valence-corrected chi connectivity index (χ4v) is 5.22. The summed E-state index contributed by atoms with van der Waals surface area (Å²) in [6.07, 6.45) is 3.72. The molecule has 1 aliphatic carbocycles. The van der Waals surface area contributed by atoms with E-state index in [1.807, 2.05) is 30.9 Å². The van der Waals surface area contributed by atoms with Gasteiger partial charge in [0.25, 0.3) is 0 Å². The van der Waals surface area contributed by atoms with E-state index in [0.717, 1.165) is 10.8 Å². The average Bonchev–Trinajstić information content (AvgIpc) is 2.41. The zero-order valence-corrected chi connectivity index (χ0v) is 14.8. The first kappa shape index (κ1) is 16.8.